The topological polar surface area (TPSA) is 103 Å². The minimum Gasteiger partial charge on any atom is -0.490 e. The van der Waals surface area contributed by atoms with Crippen molar-refractivity contribution in [2.24, 2.45) is 10.7 Å². The van der Waals surface area contributed by atoms with Crippen LogP contribution in [0.15, 0.2) is 46.3 Å². The van der Waals surface area contributed by atoms with E-state index in [1.807, 2.05) is 26.0 Å². The lowest BCUT2D eigenvalue weighted by atomic mass is 10.2. The SMILES string of the molecule is CCOc1cc(/C=C2/SC(=Nc3ccc(C)c(Cl)c3)NC2=O)ccc1OCC(N)=O. The maximum atomic E-state index is 12.3. The number of hydrogen-bond acceptors (Lipinski definition) is 6. The van der Waals surface area contributed by atoms with Crippen LogP contribution in [0.4, 0.5) is 5.69 Å². The lowest BCUT2D eigenvalue weighted by molar-refractivity contribution is -0.120. The number of primary amides is 1. The van der Waals surface area contributed by atoms with Gasteiger partial charge in [0.15, 0.2) is 23.3 Å². The summed E-state index contributed by atoms with van der Waals surface area (Å²) in [5.74, 6) is 0.0350. The highest BCUT2D eigenvalue weighted by Gasteiger charge is 2.24. The molecule has 2 amide bonds. The van der Waals surface area contributed by atoms with Crippen LogP contribution in [-0.2, 0) is 9.59 Å². The van der Waals surface area contributed by atoms with E-state index in [0.29, 0.717) is 38.9 Å². The van der Waals surface area contributed by atoms with Crippen molar-refractivity contribution >= 4 is 52.1 Å². The van der Waals surface area contributed by atoms with Gasteiger partial charge < -0.3 is 20.5 Å². The highest BCUT2D eigenvalue weighted by Crippen LogP contribution is 2.33. The van der Waals surface area contributed by atoms with Gasteiger partial charge in [0.05, 0.1) is 17.2 Å². The fourth-order valence-electron chi connectivity index (χ4n) is 2.55. The van der Waals surface area contributed by atoms with Crippen molar-refractivity contribution in [1.82, 2.24) is 5.32 Å². The predicted octanol–water partition coefficient (Wildman–Crippen LogP) is 3.80. The Morgan fingerprint density at radius 1 is 1.23 bits per heavy atom. The fourth-order valence-corrected chi connectivity index (χ4v) is 3.57. The second kappa shape index (κ2) is 9.69. The van der Waals surface area contributed by atoms with E-state index in [0.717, 1.165) is 11.1 Å². The molecule has 7 nitrogen and oxygen atoms in total. The predicted molar refractivity (Wildman–Crippen MR) is 119 cm³/mol. The van der Waals surface area contributed by atoms with Crippen molar-refractivity contribution < 1.29 is 19.1 Å². The molecule has 0 aromatic heterocycles. The summed E-state index contributed by atoms with van der Waals surface area (Å²) < 4.78 is 10.9. The number of aliphatic imine (C=N–C) groups is 1. The van der Waals surface area contributed by atoms with Crippen LogP contribution < -0.4 is 20.5 Å². The van der Waals surface area contributed by atoms with Gasteiger partial charge in [0.25, 0.3) is 11.8 Å². The number of rotatable bonds is 7. The van der Waals surface area contributed by atoms with Gasteiger partial charge in [-0.05, 0) is 67.1 Å². The van der Waals surface area contributed by atoms with E-state index in [9.17, 15) is 9.59 Å². The number of benzene rings is 2. The Bertz CT molecular complexity index is 1050. The lowest BCUT2D eigenvalue weighted by Gasteiger charge is -2.11. The molecule has 3 rings (SSSR count). The Labute approximate surface area is 183 Å². The standard InChI is InChI=1S/C21H20ClN3O4S/c1-3-28-17-8-13(5-7-16(17)29-11-19(23)26)9-18-20(27)25-21(30-18)24-14-6-4-12(2)15(22)10-14/h4-10H,3,11H2,1-2H3,(H2,23,26)(H,24,25,27)/b18-9+. The van der Waals surface area contributed by atoms with E-state index >= 15 is 0 Å². The van der Waals surface area contributed by atoms with Gasteiger partial charge in [-0.1, -0.05) is 23.7 Å². The molecular formula is C21H20ClN3O4S. The number of aryl methyl sites for hydroxylation is 1. The molecule has 0 radical (unpaired) electrons. The van der Waals surface area contributed by atoms with Crippen LogP contribution in [0.3, 0.4) is 0 Å². The lowest BCUT2D eigenvalue weighted by Crippen LogP contribution is -2.20. The molecular weight excluding hydrogens is 426 g/mol. The van der Waals surface area contributed by atoms with Gasteiger partial charge in [0.2, 0.25) is 0 Å². The zero-order chi connectivity index (χ0) is 21.7. The molecule has 1 heterocycles. The Balaban J connectivity index is 1.81. The Kier molecular flexibility index (Phi) is 7.02. The molecule has 0 atom stereocenters. The van der Waals surface area contributed by atoms with E-state index in [-0.39, 0.29) is 12.5 Å². The minimum atomic E-state index is -0.579. The maximum absolute atomic E-state index is 12.3. The first-order valence-electron chi connectivity index (χ1n) is 9.09. The minimum absolute atomic E-state index is 0.246. The number of hydrogen-bond donors (Lipinski definition) is 2. The molecule has 0 saturated carbocycles. The van der Waals surface area contributed by atoms with E-state index in [4.69, 9.17) is 26.8 Å². The average molecular weight is 446 g/mol. The molecule has 3 N–H and O–H groups in total. The van der Waals surface area contributed by atoms with Crippen LogP contribution in [-0.4, -0.2) is 30.2 Å². The number of nitrogens with zero attached hydrogens (tertiary/aromatic N) is 1. The third kappa shape index (κ3) is 5.55. The summed E-state index contributed by atoms with van der Waals surface area (Å²) >= 11 is 7.36. The molecule has 156 valence electrons. The van der Waals surface area contributed by atoms with Crippen LogP contribution in [0.1, 0.15) is 18.1 Å². The molecule has 2 aromatic carbocycles. The van der Waals surface area contributed by atoms with Crippen LogP contribution in [0, 0.1) is 6.92 Å². The second-order valence-corrected chi connectivity index (χ2v) is 7.75. The first kappa shape index (κ1) is 21.7. The van der Waals surface area contributed by atoms with Crippen LogP contribution >= 0.6 is 23.4 Å². The third-order valence-electron chi connectivity index (χ3n) is 3.97. The van der Waals surface area contributed by atoms with E-state index < -0.39 is 5.91 Å². The molecule has 1 aliphatic heterocycles. The van der Waals surface area contributed by atoms with Crippen LogP contribution in [0.25, 0.3) is 6.08 Å². The van der Waals surface area contributed by atoms with Gasteiger partial charge in [-0.2, -0.15) is 0 Å². The second-order valence-electron chi connectivity index (χ2n) is 6.31. The molecule has 1 saturated heterocycles. The number of carbonyl (C=O) groups excluding carboxylic acids is 2. The van der Waals surface area contributed by atoms with Gasteiger partial charge in [0, 0.05) is 5.02 Å². The summed E-state index contributed by atoms with van der Waals surface area (Å²) in [5.41, 5.74) is 7.47. The summed E-state index contributed by atoms with van der Waals surface area (Å²) in [7, 11) is 0. The number of carbonyl (C=O) groups is 2. The average Bonchev–Trinajstić information content (AvgIpc) is 3.03. The summed E-state index contributed by atoms with van der Waals surface area (Å²) in [4.78, 5) is 28.2. The van der Waals surface area contributed by atoms with Gasteiger partial charge in [-0.3, -0.25) is 9.59 Å². The molecule has 1 fully saturated rings. The largest absolute Gasteiger partial charge is 0.490 e. The number of ether oxygens (including phenoxy) is 2. The van der Waals surface area contributed by atoms with Gasteiger partial charge in [0.1, 0.15) is 0 Å². The van der Waals surface area contributed by atoms with Crippen LogP contribution in [0.2, 0.25) is 5.02 Å². The van der Waals surface area contributed by atoms with Gasteiger partial charge in [-0.15, -0.1) is 0 Å². The molecule has 0 spiro atoms. The number of amides is 2. The molecule has 0 aliphatic carbocycles. The number of halogens is 1. The summed E-state index contributed by atoms with van der Waals surface area (Å²) in [6.07, 6.45) is 1.73. The Hall–Kier alpha value is -2.97. The zero-order valence-electron chi connectivity index (χ0n) is 16.4. The smallest absolute Gasteiger partial charge is 0.264 e. The van der Waals surface area contributed by atoms with Crippen molar-refractivity contribution in [3.8, 4) is 11.5 Å². The molecule has 2 aromatic rings. The normalized spacial score (nSPS) is 16.0. The first-order valence-corrected chi connectivity index (χ1v) is 10.3. The van der Waals surface area contributed by atoms with Crippen molar-refractivity contribution in [1.29, 1.82) is 0 Å². The van der Waals surface area contributed by atoms with E-state index in [1.54, 1.807) is 30.3 Å². The molecule has 9 heteroatoms. The number of thioether (sulfide) groups is 1. The number of nitrogens with two attached hydrogens (primary N) is 1. The quantitative estimate of drug-likeness (QED) is 0.631. The Morgan fingerprint density at radius 2 is 2.03 bits per heavy atom. The monoisotopic (exact) mass is 445 g/mol. The highest BCUT2D eigenvalue weighted by atomic mass is 35.5. The highest BCUT2D eigenvalue weighted by molar-refractivity contribution is 8.18. The van der Waals surface area contributed by atoms with Crippen LogP contribution in [0.5, 0.6) is 11.5 Å². The third-order valence-corrected chi connectivity index (χ3v) is 5.29. The Morgan fingerprint density at radius 3 is 2.73 bits per heavy atom. The molecule has 30 heavy (non-hydrogen) atoms. The maximum Gasteiger partial charge on any atom is 0.264 e. The first-order chi connectivity index (χ1) is 14.4. The summed E-state index contributed by atoms with van der Waals surface area (Å²) in [5, 5.41) is 3.83. The van der Waals surface area contributed by atoms with Crippen molar-refractivity contribution in [3.63, 3.8) is 0 Å². The summed E-state index contributed by atoms with van der Waals surface area (Å²) in [6, 6.07) is 10.6. The zero-order valence-corrected chi connectivity index (χ0v) is 18.0. The number of amidine groups is 1. The van der Waals surface area contributed by atoms with E-state index in [1.165, 1.54) is 11.8 Å². The van der Waals surface area contributed by atoms with Gasteiger partial charge >= 0.3 is 0 Å². The molecule has 0 bridgehead atoms. The van der Waals surface area contributed by atoms with E-state index in [2.05, 4.69) is 10.3 Å². The van der Waals surface area contributed by atoms with Crippen molar-refractivity contribution in [3.05, 3.63) is 57.5 Å². The fraction of sp³-hybridized carbons (Fsp3) is 0.190. The summed E-state index contributed by atoms with van der Waals surface area (Å²) in [6.45, 7) is 3.91. The van der Waals surface area contributed by atoms with Crippen molar-refractivity contribution in [2.45, 2.75) is 13.8 Å². The number of nitrogens with one attached hydrogen (secondary N) is 1. The van der Waals surface area contributed by atoms with Gasteiger partial charge in [-0.25, -0.2) is 4.99 Å². The molecule has 0 unspecified atom stereocenters. The van der Waals surface area contributed by atoms with Crippen molar-refractivity contribution in [2.75, 3.05) is 13.2 Å². The molecule has 1 aliphatic rings.